The van der Waals surface area contributed by atoms with E-state index >= 15 is 0 Å². The Morgan fingerprint density at radius 3 is 2.52 bits per heavy atom. The number of hydrogen-bond acceptors (Lipinski definition) is 4. The molecule has 2 rings (SSSR count). The van der Waals surface area contributed by atoms with Gasteiger partial charge < -0.3 is 15.2 Å². The molecule has 1 atom stereocenters. The Bertz CT molecular complexity index is 771. The van der Waals surface area contributed by atoms with E-state index in [1.165, 1.54) is 19.2 Å². The standard InChI is InChI=1S/C17H20FN3O4/c1-10-14(8-16(22)19-9-15(25-3)17(23)24)11(2)21(20-10)13-6-4-12(18)5-7-13/h4-7,15H,8-9H2,1-3H3,(H,19,22)(H,23,24). The van der Waals surface area contributed by atoms with Crippen LogP contribution in [-0.4, -0.2) is 46.5 Å². The van der Waals surface area contributed by atoms with Crippen molar-refractivity contribution in [2.24, 2.45) is 0 Å². The van der Waals surface area contributed by atoms with Crippen LogP contribution in [0.3, 0.4) is 0 Å². The normalized spacial score (nSPS) is 12.0. The number of nitrogens with zero attached hydrogens (tertiary/aromatic N) is 2. The summed E-state index contributed by atoms with van der Waals surface area (Å²) >= 11 is 0. The first-order valence-electron chi connectivity index (χ1n) is 7.66. The van der Waals surface area contributed by atoms with Crippen LogP contribution in [0.15, 0.2) is 24.3 Å². The molecule has 134 valence electrons. The molecule has 0 aliphatic carbocycles. The van der Waals surface area contributed by atoms with E-state index in [1.54, 1.807) is 23.7 Å². The number of amides is 1. The summed E-state index contributed by atoms with van der Waals surface area (Å²) in [5.74, 6) is -1.80. The third-order valence-electron chi connectivity index (χ3n) is 3.89. The fraction of sp³-hybridized carbons (Fsp3) is 0.353. The second-order valence-corrected chi connectivity index (χ2v) is 5.58. The molecule has 1 heterocycles. The third-order valence-corrected chi connectivity index (χ3v) is 3.89. The molecule has 2 N–H and O–H groups in total. The van der Waals surface area contributed by atoms with Crippen molar-refractivity contribution in [1.82, 2.24) is 15.1 Å². The first-order chi connectivity index (χ1) is 11.8. The predicted octanol–water partition coefficient (Wildman–Crippen LogP) is 1.39. The van der Waals surface area contributed by atoms with E-state index in [9.17, 15) is 14.0 Å². The number of carbonyl (C=O) groups excluding carboxylic acids is 1. The van der Waals surface area contributed by atoms with Gasteiger partial charge in [-0.3, -0.25) is 4.79 Å². The van der Waals surface area contributed by atoms with Gasteiger partial charge in [-0.15, -0.1) is 0 Å². The molecule has 0 spiro atoms. The number of aryl methyl sites for hydroxylation is 1. The number of halogens is 1. The molecule has 0 saturated heterocycles. The monoisotopic (exact) mass is 349 g/mol. The minimum atomic E-state index is -1.14. The van der Waals surface area contributed by atoms with Gasteiger partial charge in [-0.05, 0) is 38.1 Å². The Hall–Kier alpha value is -2.74. The molecule has 0 bridgehead atoms. The van der Waals surface area contributed by atoms with Crippen molar-refractivity contribution in [3.8, 4) is 5.69 Å². The van der Waals surface area contributed by atoms with Crippen molar-refractivity contribution < 1.29 is 23.8 Å². The fourth-order valence-corrected chi connectivity index (χ4v) is 2.47. The van der Waals surface area contributed by atoms with E-state index in [-0.39, 0.29) is 24.7 Å². The molecular formula is C17H20FN3O4. The van der Waals surface area contributed by atoms with Gasteiger partial charge in [0.15, 0.2) is 6.10 Å². The number of aromatic nitrogens is 2. The topological polar surface area (TPSA) is 93.5 Å². The molecule has 8 heteroatoms. The number of carbonyl (C=O) groups is 2. The molecule has 0 aliphatic rings. The van der Waals surface area contributed by atoms with Gasteiger partial charge in [-0.1, -0.05) is 0 Å². The molecule has 7 nitrogen and oxygen atoms in total. The zero-order chi connectivity index (χ0) is 18.6. The van der Waals surface area contributed by atoms with Crippen molar-refractivity contribution in [3.05, 3.63) is 47.0 Å². The summed E-state index contributed by atoms with van der Waals surface area (Å²) in [4.78, 5) is 23.0. The van der Waals surface area contributed by atoms with Crippen molar-refractivity contribution in [3.63, 3.8) is 0 Å². The maximum absolute atomic E-state index is 13.1. The first-order valence-corrected chi connectivity index (χ1v) is 7.66. The molecule has 0 saturated carbocycles. The maximum Gasteiger partial charge on any atom is 0.334 e. The smallest absolute Gasteiger partial charge is 0.334 e. The lowest BCUT2D eigenvalue weighted by Crippen LogP contribution is -2.38. The van der Waals surface area contributed by atoms with Crippen LogP contribution in [0.25, 0.3) is 5.69 Å². The molecule has 1 aromatic heterocycles. The van der Waals surface area contributed by atoms with Gasteiger partial charge in [0, 0.05) is 18.4 Å². The molecule has 0 fully saturated rings. The maximum atomic E-state index is 13.1. The Kier molecular flexibility index (Phi) is 5.87. The van der Waals surface area contributed by atoms with E-state index in [1.807, 2.05) is 6.92 Å². The number of benzene rings is 1. The van der Waals surface area contributed by atoms with Gasteiger partial charge in [-0.25, -0.2) is 13.9 Å². The number of carboxylic acids is 1. The van der Waals surface area contributed by atoms with Crippen LogP contribution in [0.2, 0.25) is 0 Å². The summed E-state index contributed by atoms with van der Waals surface area (Å²) in [6, 6.07) is 5.90. The lowest BCUT2D eigenvalue weighted by molar-refractivity contribution is -0.148. The predicted molar refractivity (Wildman–Crippen MR) is 88.1 cm³/mol. The highest BCUT2D eigenvalue weighted by Crippen LogP contribution is 2.18. The van der Waals surface area contributed by atoms with E-state index in [0.717, 1.165) is 11.3 Å². The van der Waals surface area contributed by atoms with Crippen LogP contribution in [0.1, 0.15) is 17.0 Å². The van der Waals surface area contributed by atoms with Crippen LogP contribution >= 0.6 is 0 Å². The largest absolute Gasteiger partial charge is 0.479 e. The molecule has 25 heavy (non-hydrogen) atoms. The number of methoxy groups -OCH3 is 1. The van der Waals surface area contributed by atoms with E-state index in [0.29, 0.717) is 11.4 Å². The average Bonchev–Trinajstić information content (AvgIpc) is 2.84. The minimum absolute atomic E-state index is 0.0644. The number of carboxylic acid groups (broad SMARTS) is 1. The van der Waals surface area contributed by atoms with Crippen LogP contribution in [0.4, 0.5) is 4.39 Å². The molecule has 0 radical (unpaired) electrons. The Balaban J connectivity index is 2.11. The van der Waals surface area contributed by atoms with E-state index in [4.69, 9.17) is 9.84 Å². The zero-order valence-electron chi connectivity index (χ0n) is 14.2. The Morgan fingerprint density at radius 1 is 1.32 bits per heavy atom. The van der Waals surface area contributed by atoms with Gasteiger partial charge in [0.25, 0.3) is 0 Å². The number of hydrogen-bond donors (Lipinski definition) is 2. The van der Waals surface area contributed by atoms with E-state index in [2.05, 4.69) is 10.4 Å². The molecule has 1 aromatic carbocycles. The Morgan fingerprint density at radius 2 is 1.96 bits per heavy atom. The first kappa shape index (κ1) is 18.6. The molecular weight excluding hydrogens is 329 g/mol. The average molecular weight is 349 g/mol. The van der Waals surface area contributed by atoms with E-state index < -0.39 is 12.1 Å². The van der Waals surface area contributed by atoms with Gasteiger partial charge in [0.1, 0.15) is 5.82 Å². The van der Waals surface area contributed by atoms with Gasteiger partial charge >= 0.3 is 5.97 Å². The Labute approximate surface area is 144 Å². The lowest BCUT2D eigenvalue weighted by Gasteiger charge is -2.11. The SMILES string of the molecule is COC(CNC(=O)Cc1c(C)nn(-c2ccc(F)cc2)c1C)C(=O)O. The molecule has 1 unspecified atom stereocenters. The summed E-state index contributed by atoms with van der Waals surface area (Å²) in [7, 11) is 1.27. The van der Waals surface area contributed by atoms with Crippen LogP contribution in [0.5, 0.6) is 0 Å². The van der Waals surface area contributed by atoms with Crippen molar-refractivity contribution in [2.45, 2.75) is 26.4 Å². The summed E-state index contributed by atoms with van der Waals surface area (Å²) in [5.41, 5.74) is 2.88. The molecule has 0 aliphatic heterocycles. The molecule has 2 aromatic rings. The van der Waals surface area contributed by atoms with Gasteiger partial charge in [-0.2, -0.15) is 5.10 Å². The van der Waals surface area contributed by atoms with Gasteiger partial charge in [0.2, 0.25) is 5.91 Å². The lowest BCUT2D eigenvalue weighted by atomic mass is 10.1. The highest BCUT2D eigenvalue weighted by Gasteiger charge is 2.19. The highest BCUT2D eigenvalue weighted by atomic mass is 19.1. The fourth-order valence-electron chi connectivity index (χ4n) is 2.47. The number of nitrogens with one attached hydrogen (secondary N) is 1. The number of rotatable bonds is 7. The second-order valence-electron chi connectivity index (χ2n) is 5.58. The third kappa shape index (κ3) is 4.42. The number of aliphatic carboxylic acids is 1. The van der Waals surface area contributed by atoms with Gasteiger partial charge in [0.05, 0.1) is 24.3 Å². The van der Waals surface area contributed by atoms with Crippen molar-refractivity contribution >= 4 is 11.9 Å². The quantitative estimate of drug-likeness (QED) is 0.788. The number of ether oxygens (including phenoxy) is 1. The summed E-state index contributed by atoms with van der Waals surface area (Å²) < 4.78 is 19.5. The molecule has 1 amide bonds. The second kappa shape index (κ2) is 7.89. The van der Waals surface area contributed by atoms with Crippen LogP contribution in [0, 0.1) is 19.7 Å². The van der Waals surface area contributed by atoms with Crippen molar-refractivity contribution in [1.29, 1.82) is 0 Å². The van der Waals surface area contributed by atoms with Crippen LogP contribution in [-0.2, 0) is 20.7 Å². The van der Waals surface area contributed by atoms with Crippen LogP contribution < -0.4 is 5.32 Å². The highest BCUT2D eigenvalue weighted by molar-refractivity contribution is 5.80. The zero-order valence-corrected chi connectivity index (χ0v) is 14.2. The summed E-state index contributed by atoms with van der Waals surface area (Å²) in [6.07, 6.45) is -1.03. The minimum Gasteiger partial charge on any atom is -0.479 e. The summed E-state index contributed by atoms with van der Waals surface area (Å²) in [5, 5.41) is 15.8. The summed E-state index contributed by atoms with van der Waals surface area (Å²) in [6.45, 7) is 3.49. The van der Waals surface area contributed by atoms with Crippen molar-refractivity contribution in [2.75, 3.05) is 13.7 Å².